The summed E-state index contributed by atoms with van der Waals surface area (Å²) in [7, 11) is 0. The van der Waals surface area contributed by atoms with Gasteiger partial charge in [0.05, 0.1) is 0 Å². The smallest absolute Gasteiger partial charge is 0.210 e. The van der Waals surface area contributed by atoms with Gasteiger partial charge in [-0.3, -0.25) is 0 Å². The lowest BCUT2D eigenvalue weighted by Crippen LogP contribution is -2.35. The van der Waals surface area contributed by atoms with Gasteiger partial charge >= 0.3 is 0 Å². The first kappa shape index (κ1) is 8.09. The van der Waals surface area contributed by atoms with Crippen LogP contribution in [0.1, 0.15) is 5.56 Å². The first-order chi connectivity index (χ1) is 6.31. The van der Waals surface area contributed by atoms with Gasteiger partial charge in [-0.1, -0.05) is 18.2 Å². The summed E-state index contributed by atoms with van der Waals surface area (Å²) in [6.07, 6.45) is -0.941. The molecular weight excluding hydrogens is 166 g/mol. The van der Waals surface area contributed by atoms with E-state index in [1.807, 2.05) is 30.3 Å². The molecule has 0 saturated carbocycles. The van der Waals surface area contributed by atoms with Crippen LogP contribution in [0.3, 0.4) is 0 Å². The van der Waals surface area contributed by atoms with Gasteiger partial charge < -0.3 is 9.84 Å². The molecule has 1 heterocycles. The summed E-state index contributed by atoms with van der Waals surface area (Å²) in [6, 6.07) is 9.37. The van der Waals surface area contributed by atoms with Crippen LogP contribution in [-0.4, -0.2) is 17.3 Å². The minimum Gasteiger partial charge on any atom is -0.473 e. The van der Waals surface area contributed by atoms with Crippen molar-refractivity contribution in [1.29, 1.82) is 5.26 Å². The van der Waals surface area contributed by atoms with Gasteiger partial charge in [0.1, 0.15) is 17.9 Å². The molecule has 0 radical (unpaired) electrons. The van der Waals surface area contributed by atoms with Crippen molar-refractivity contribution in [3.8, 4) is 11.8 Å². The number of fused-ring (bicyclic) bond motifs is 1. The third kappa shape index (κ3) is 1.36. The largest absolute Gasteiger partial charge is 0.473 e. The number of aliphatic hydroxyl groups is 1. The van der Waals surface area contributed by atoms with E-state index in [4.69, 9.17) is 10.00 Å². The maximum absolute atomic E-state index is 9.47. The molecule has 1 aromatic carbocycles. The van der Waals surface area contributed by atoms with Crippen molar-refractivity contribution in [3.63, 3.8) is 0 Å². The van der Waals surface area contributed by atoms with Gasteiger partial charge in [0.2, 0.25) is 6.10 Å². The fraction of sp³-hybridized carbons (Fsp3) is 0.300. The maximum Gasteiger partial charge on any atom is 0.210 e. The van der Waals surface area contributed by atoms with Crippen LogP contribution in [0, 0.1) is 11.3 Å². The number of nitriles is 1. The molecule has 2 rings (SSSR count). The van der Waals surface area contributed by atoms with E-state index in [0.717, 1.165) is 5.56 Å². The average Bonchev–Trinajstić information content (AvgIpc) is 2.17. The minimum atomic E-state index is -0.727. The highest BCUT2D eigenvalue weighted by Crippen LogP contribution is 2.26. The molecule has 0 aliphatic carbocycles. The second-order valence-corrected chi connectivity index (χ2v) is 3.05. The van der Waals surface area contributed by atoms with Crippen molar-refractivity contribution >= 4 is 0 Å². The molecule has 3 heteroatoms. The summed E-state index contributed by atoms with van der Waals surface area (Å²) in [5, 5.41) is 18.1. The number of hydrogen-bond donors (Lipinski definition) is 1. The molecule has 0 fully saturated rings. The molecule has 13 heavy (non-hydrogen) atoms. The molecule has 66 valence electrons. The first-order valence-electron chi connectivity index (χ1n) is 4.13. The Morgan fingerprint density at radius 2 is 2.23 bits per heavy atom. The molecule has 0 bridgehead atoms. The number of aliphatic hydroxyl groups excluding tert-OH is 1. The van der Waals surface area contributed by atoms with Gasteiger partial charge in [0.25, 0.3) is 0 Å². The van der Waals surface area contributed by atoms with Crippen molar-refractivity contribution < 1.29 is 9.84 Å². The van der Waals surface area contributed by atoms with Crippen molar-refractivity contribution in [3.05, 3.63) is 29.8 Å². The molecular formula is C10H9NO2. The topological polar surface area (TPSA) is 53.2 Å². The van der Waals surface area contributed by atoms with Gasteiger partial charge in [-0.25, -0.2) is 0 Å². The molecule has 0 saturated heterocycles. The van der Waals surface area contributed by atoms with Crippen molar-refractivity contribution in [1.82, 2.24) is 0 Å². The lowest BCUT2D eigenvalue weighted by Gasteiger charge is -2.25. The molecule has 3 nitrogen and oxygen atoms in total. The minimum absolute atomic E-state index is 0.494. The average molecular weight is 175 g/mol. The standard InChI is InChI=1S/C10H9NO2/c11-6-10-8(12)5-7-3-1-2-4-9(7)13-10/h1-4,8,10,12H,5H2. The lowest BCUT2D eigenvalue weighted by molar-refractivity contribution is 0.0532. The fourth-order valence-corrected chi connectivity index (χ4v) is 1.45. The van der Waals surface area contributed by atoms with Gasteiger partial charge in [0, 0.05) is 6.42 Å². The second kappa shape index (κ2) is 3.08. The van der Waals surface area contributed by atoms with Gasteiger partial charge in [0.15, 0.2) is 0 Å². The molecule has 1 aliphatic rings. The van der Waals surface area contributed by atoms with Crippen molar-refractivity contribution in [2.24, 2.45) is 0 Å². The summed E-state index contributed by atoms with van der Waals surface area (Å²) < 4.78 is 5.28. The van der Waals surface area contributed by atoms with Crippen molar-refractivity contribution in [2.45, 2.75) is 18.6 Å². The molecule has 0 spiro atoms. The monoisotopic (exact) mass is 175 g/mol. The van der Waals surface area contributed by atoms with E-state index >= 15 is 0 Å². The van der Waals surface area contributed by atoms with Gasteiger partial charge in [-0.15, -0.1) is 0 Å². The normalized spacial score (nSPS) is 25.5. The second-order valence-electron chi connectivity index (χ2n) is 3.05. The third-order valence-corrected chi connectivity index (χ3v) is 2.13. The van der Waals surface area contributed by atoms with E-state index in [9.17, 15) is 5.11 Å². The van der Waals surface area contributed by atoms with E-state index in [-0.39, 0.29) is 0 Å². The summed E-state index contributed by atoms with van der Waals surface area (Å²) in [5.74, 6) is 0.708. The number of nitrogens with zero attached hydrogens (tertiary/aromatic N) is 1. The van der Waals surface area contributed by atoms with Gasteiger partial charge in [-0.05, 0) is 11.6 Å². The summed E-state index contributed by atoms with van der Waals surface area (Å²) in [6.45, 7) is 0. The van der Waals surface area contributed by atoms with Crippen LogP contribution >= 0.6 is 0 Å². The van der Waals surface area contributed by atoms with E-state index in [1.165, 1.54) is 0 Å². The predicted octanol–water partition coefficient (Wildman–Crippen LogP) is 0.875. The first-order valence-corrected chi connectivity index (χ1v) is 4.13. The Kier molecular flexibility index (Phi) is 1.91. The number of rotatable bonds is 0. The Hall–Kier alpha value is -1.53. The maximum atomic E-state index is 9.47. The Morgan fingerprint density at radius 3 is 3.00 bits per heavy atom. The third-order valence-electron chi connectivity index (χ3n) is 2.13. The zero-order chi connectivity index (χ0) is 9.26. The molecule has 1 N–H and O–H groups in total. The van der Waals surface area contributed by atoms with Crippen molar-refractivity contribution in [2.75, 3.05) is 0 Å². The van der Waals surface area contributed by atoms with E-state index < -0.39 is 12.2 Å². The number of para-hydroxylation sites is 1. The summed E-state index contributed by atoms with van der Waals surface area (Å²) >= 11 is 0. The Morgan fingerprint density at radius 1 is 1.46 bits per heavy atom. The SMILES string of the molecule is N#CC1Oc2ccccc2CC1O. The Balaban J connectivity index is 2.34. The zero-order valence-electron chi connectivity index (χ0n) is 6.97. The zero-order valence-corrected chi connectivity index (χ0v) is 6.97. The summed E-state index contributed by atoms with van der Waals surface area (Å²) in [4.78, 5) is 0. The highest BCUT2D eigenvalue weighted by atomic mass is 16.5. The van der Waals surface area contributed by atoms with E-state index in [0.29, 0.717) is 12.2 Å². The number of ether oxygens (including phenoxy) is 1. The summed E-state index contributed by atoms with van der Waals surface area (Å²) in [5.41, 5.74) is 0.960. The molecule has 0 aromatic heterocycles. The molecule has 2 atom stereocenters. The lowest BCUT2D eigenvalue weighted by atomic mass is 10.0. The fourth-order valence-electron chi connectivity index (χ4n) is 1.45. The number of benzene rings is 1. The van der Waals surface area contributed by atoms with Crippen LogP contribution in [0.2, 0.25) is 0 Å². The number of hydrogen-bond acceptors (Lipinski definition) is 3. The van der Waals surface area contributed by atoms with Crippen LogP contribution in [0.15, 0.2) is 24.3 Å². The van der Waals surface area contributed by atoms with Crippen LogP contribution in [-0.2, 0) is 6.42 Å². The molecule has 0 amide bonds. The quantitative estimate of drug-likeness (QED) is 0.636. The molecule has 2 unspecified atom stereocenters. The van der Waals surface area contributed by atoms with Crippen LogP contribution in [0.5, 0.6) is 5.75 Å². The predicted molar refractivity (Wildman–Crippen MR) is 46.2 cm³/mol. The Bertz CT molecular complexity index is 356. The Labute approximate surface area is 76.2 Å². The molecule has 1 aliphatic heterocycles. The van der Waals surface area contributed by atoms with Gasteiger partial charge in [-0.2, -0.15) is 5.26 Å². The highest BCUT2D eigenvalue weighted by Gasteiger charge is 2.27. The van der Waals surface area contributed by atoms with E-state index in [2.05, 4.69) is 0 Å². The molecule has 1 aromatic rings. The van der Waals surface area contributed by atoms with Crippen LogP contribution < -0.4 is 4.74 Å². The van der Waals surface area contributed by atoms with E-state index in [1.54, 1.807) is 0 Å². The van der Waals surface area contributed by atoms with Crippen LogP contribution in [0.4, 0.5) is 0 Å². The highest BCUT2D eigenvalue weighted by molar-refractivity contribution is 5.36. The van der Waals surface area contributed by atoms with Crippen LogP contribution in [0.25, 0.3) is 0 Å².